The van der Waals surface area contributed by atoms with Crippen LogP contribution < -0.4 is 10.6 Å². The van der Waals surface area contributed by atoms with Crippen LogP contribution in [0.3, 0.4) is 0 Å². The number of aliphatic hydroxyl groups is 1. The molecular weight excluding hydrogens is 192 g/mol. The molecule has 82 valence electrons. The molecule has 15 heavy (non-hydrogen) atoms. The third-order valence-electron chi connectivity index (χ3n) is 1.82. The Hall–Kier alpha value is -1.55. The summed E-state index contributed by atoms with van der Waals surface area (Å²) in [5, 5.41) is 14.5. The molecule has 0 spiro atoms. The van der Waals surface area contributed by atoms with E-state index in [1.807, 2.05) is 30.3 Å². The number of rotatable bonds is 5. The highest BCUT2D eigenvalue weighted by molar-refractivity contribution is 5.80. The highest BCUT2D eigenvalue weighted by atomic mass is 16.3. The second-order valence-electron chi connectivity index (χ2n) is 3.37. The van der Waals surface area contributed by atoms with Crippen molar-refractivity contribution in [3.05, 3.63) is 30.3 Å². The van der Waals surface area contributed by atoms with Crippen LogP contribution in [-0.2, 0) is 4.79 Å². The summed E-state index contributed by atoms with van der Waals surface area (Å²) >= 11 is 0. The fourth-order valence-electron chi connectivity index (χ4n) is 1.06. The first-order valence-electron chi connectivity index (χ1n) is 4.92. The topological polar surface area (TPSA) is 61.4 Å². The van der Waals surface area contributed by atoms with E-state index in [1.54, 1.807) is 6.92 Å². The zero-order valence-electron chi connectivity index (χ0n) is 8.73. The second-order valence-corrected chi connectivity index (χ2v) is 3.37. The van der Waals surface area contributed by atoms with Crippen molar-refractivity contribution in [3.63, 3.8) is 0 Å². The molecule has 1 rings (SSSR count). The van der Waals surface area contributed by atoms with Crippen LogP contribution >= 0.6 is 0 Å². The molecule has 0 aliphatic heterocycles. The molecule has 3 N–H and O–H groups in total. The molecule has 1 aromatic rings. The zero-order valence-corrected chi connectivity index (χ0v) is 8.73. The van der Waals surface area contributed by atoms with Crippen molar-refractivity contribution in [3.8, 4) is 0 Å². The number of nitrogens with one attached hydrogen (secondary N) is 2. The highest BCUT2D eigenvalue weighted by Gasteiger charge is 2.01. The Balaban J connectivity index is 2.23. The molecule has 0 bridgehead atoms. The van der Waals surface area contributed by atoms with Gasteiger partial charge in [-0.1, -0.05) is 18.2 Å². The minimum Gasteiger partial charge on any atom is -0.392 e. The number of hydrogen-bond acceptors (Lipinski definition) is 3. The monoisotopic (exact) mass is 208 g/mol. The summed E-state index contributed by atoms with van der Waals surface area (Å²) in [6.07, 6.45) is -0.509. The van der Waals surface area contributed by atoms with Gasteiger partial charge in [-0.2, -0.15) is 0 Å². The molecule has 0 fully saturated rings. The van der Waals surface area contributed by atoms with Crippen molar-refractivity contribution in [2.75, 3.05) is 18.4 Å². The van der Waals surface area contributed by atoms with E-state index < -0.39 is 6.10 Å². The second kappa shape index (κ2) is 6.03. The van der Waals surface area contributed by atoms with Crippen LogP contribution in [0.1, 0.15) is 6.92 Å². The lowest BCUT2D eigenvalue weighted by atomic mass is 10.3. The van der Waals surface area contributed by atoms with Crippen LogP contribution in [0, 0.1) is 0 Å². The zero-order chi connectivity index (χ0) is 11.1. The van der Waals surface area contributed by atoms with Crippen molar-refractivity contribution in [1.29, 1.82) is 0 Å². The van der Waals surface area contributed by atoms with Gasteiger partial charge in [-0.15, -0.1) is 0 Å². The van der Waals surface area contributed by atoms with E-state index in [9.17, 15) is 4.79 Å². The van der Waals surface area contributed by atoms with Crippen LogP contribution in [0.4, 0.5) is 5.69 Å². The van der Waals surface area contributed by atoms with Gasteiger partial charge in [0.1, 0.15) is 0 Å². The smallest absolute Gasteiger partial charge is 0.239 e. The molecule has 1 aromatic carbocycles. The normalized spacial score (nSPS) is 11.9. The van der Waals surface area contributed by atoms with Gasteiger partial charge < -0.3 is 15.7 Å². The SMILES string of the molecule is C[C@H](O)CNC(=O)CNc1ccccc1. The van der Waals surface area contributed by atoms with Gasteiger partial charge in [-0.3, -0.25) is 4.79 Å². The predicted octanol–water partition coefficient (Wildman–Crippen LogP) is 0.595. The number of amides is 1. The number of benzene rings is 1. The number of carbonyl (C=O) groups is 1. The maximum absolute atomic E-state index is 11.2. The Morgan fingerprint density at radius 1 is 1.40 bits per heavy atom. The van der Waals surface area contributed by atoms with Crippen LogP contribution in [0.5, 0.6) is 0 Å². The number of hydrogen-bond donors (Lipinski definition) is 3. The molecule has 4 nitrogen and oxygen atoms in total. The Kier molecular flexibility index (Phi) is 4.63. The third kappa shape index (κ3) is 5.02. The molecule has 4 heteroatoms. The standard InChI is InChI=1S/C11H16N2O2/c1-9(14)7-13-11(15)8-12-10-5-3-2-4-6-10/h2-6,9,12,14H,7-8H2,1H3,(H,13,15)/t9-/m0/s1. The van der Waals surface area contributed by atoms with Crippen molar-refractivity contribution < 1.29 is 9.90 Å². The number of aliphatic hydroxyl groups excluding tert-OH is 1. The molecule has 0 aromatic heterocycles. The molecule has 0 radical (unpaired) electrons. The summed E-state index contributed by atoms with van der Waals surface area (Å²) in [7, 11) is 0. The highest BCUT2D eigenvalue weighted by Crippen LogP contribution is 2.03. The van der Waals surface area contributed by atoms with Crippen molar-refractivity contribution >= 4 is 11.6 Å². The van der Waals surface area contributed by atoms with Crippen LogP contribution in [0.2, 0.25) is 0 Å². The Bertz CT molecular complexity index is 299. The lowest BCUT2D eigenvalue weighted by molar-refractivity contribution is -0.119. The van der Waals surface area contributed by atoms with Crippen LogP contribution in [-0.4, -0.2) is 30.2 Å². The minimum atomic E-state index is -0.509. The van der Waals surface area contributed by atoms with E-state index in [-0.39, 0.29) is 19.0 Å². The lowest BCUT2D eigenvalue weighted by Gasteiger charge is -2.08. The fraction of sp³-hybridized carbons (Fsp3) is 0.364. The van der Waals surface area contributed by atoms with Gasteiger partial charge in [0.2, 0.25) is 5.91 Å². The third-order valence-corrected chi connectivity index (χ3v) is 1.82. The van der Waals surface area contributed by atoms with Gasteiger partial charge in [-0.05, 0) is 19.1 Å². The maximum Gasteiger partial charge on any atom is 0.239 e. The van der Waals surface area contributed by atoms with E-state index in [2.05, 4.69) is 10.6 Å². The molecule has 0 aliphatic carbocycles. The lowest BCUT2D eigenvalue weighted by Crippen LogP contribution is -2.34. The van der Waals surface area contributed by atoms with Gasteiger partial charge in [0.25, 0.3) is 0 Å². The van der Waals surface area contributed by atoms with Gasteiger partial charge in [0.15, 0.2) is 0 Å². The summed E-state index contributed by atoms with van der Waals surface area (Å²) in [4.78, 5) is 11.2. The van der Waals surface area contributed by atoms with Crippen molar-refractivity contribution in [1.82, 2.24) is 5.32 Å². The largest absolute Gasteiger partial charge is 0.392 e. The Labute approximate surface area is 89.3 Å². The summed E-state index contributed by atoms with van der Waals surface area (Å²) in [5.41, 5.74) is 0.907. The fourth-order valence-corrected chi connectivity index (χ4v) is 1.06. The van der Waals surface area contributed by atoms with Crippen LogP contribution in [0.25, 0.3) is 0 Å². The first-order valence-corrected chi connectivity index (χ1v) is 4.92. The summed E-state index contributed by atoms with van der Waals surface area (Å²) in [6.45, 7) is 2.14. The van der Waals surface area contributed by atoms with Crippen molar-refractivity contribution in [2.45, 2.75) is 13.0 Å². The quantitative estimate of drug-likeness (QED) is 0.664. The van der Waals surface area contributed by atoms with Gasteiger partial charge >= 0.3 is 0 Å². The molecule has 0 heterocycles. The Morgan fingerprint density at radius 2 is 2.07 bits per heavy atom. The number of carbonyl (C=O) groups excluding carboxylic acids is 1. The predicted molar refractivity (Wildman–Crippen MR) is 59.6 cm³/mol. The van der Waals surface area contributed by atoms with Crippen molar-refractivity contribution in [2.24, 2.45) is 0 Å². The average molecular weight is 208 g/mol. The average Bonchev–Trinajstić information content (AvgIpc) is 2.25. The summed E-state index contributed by atoms with van der Waals surface area (Å²) < 4.78 is 0. The van der Waals surface area contributed by atoms with Crippen LogP contribution in [0.15, 0.2) is 30.3 Å². The van der Waals surface area contributed by atoms with E-state index >= 15 is 0 Å². The van der Waals surface area contributed by atoms with Gasteiger partial charge in [-0.25, -0.2) is 0 Å². The van der Waals surface area contributed by atoms with Gasteiger partial charge in [0, 0.05) is 12.2 Å². The first-order chi connectivity index (χ1) is 7.18. The molecule has 0 unspecified atom stereocenters. The summed E-state index contributed by atoms with van der Waals surface area (Å²) in [6, 6.07) is 9.49. The number of anilines is 1. The molecule has 0 saturated heterocycles. The Morgan fingerprint density at radius 3 is 2.67 bits per heavy atom. The molecule has 0 saturated carbocycles. The number of para-hydroxylation sites is 1. The van der Waals surface area contributed by atoms with E-state index in [0.29, 0.717) is 0 Å². The molecule has 1 amide bonds. The maximum atomic E-state index is 11.2. The van der Waals surface area contributed by atoms with E-state index in [0.717, 1.165) is 5.69 Å². The molecular formula is C11H16N2O2. The van der Waals surface area contributed by atoms with E-state index in [1.165, 1.54) is 0 Å². The van der Waals surface area contributed by atoms with E-state index in [4.69, 9.17) is 5.11 Å². The molecule has 0 aliphatic rings. The summed E-state index contributed by atoms with van der Waals surface area (Å²) in [5.74, 6) is -0.125. The first kappa shape index (κ1) is 11.5. The molecule has 1 atom stereocenters. The van der Waals surface area contributed by atoms with Gasteiger partial charge in [0.05, 0.1) is 12.6 Å². The minimum absolute atomic E-state index is 0.125.